The second-order valence-electron chi connectivity index (χ2n) is 4.31. The molecule has 1 aromatic heterocycles. The number of rotatable bonds is 4. The van der Waals surface area contributed by atoms with E-state index in [2.05, 4.69) is 10.3 Å². The minimum absolute atomic E-state index is 0.134. The first-order valence-corrected chi connectivity index (χ1v) is 5.94. The molecular formula is C13H13BN2O4. The zero-order chi connectivity index (χ0) is 14.7. The highest BCUT2D eigenvalue weighted by Crippen LogP contribution is 2.09. The van der Waals surface area contributed by atoms with Crippen molar-refractivity contribution < 1.29 is 19.6 Å². The summed E-state index contributed by atoms with van der Waals surface area (Å²) in [6.45, 7) is 1.41. The minimum atomic E-state index is -1.60. The Balaban J connectivity index is 2.14. The third-order valence-corrected chi connectivity index (χ3v) is 2.78. The van der Waals surface area contributed by atoms with Crippen molar-refractivity contribution >= 4 is 30.0 Å². The van der Waals surface area contributed by atoms with Crippen molar-refractivity contribution in [3.05, 3.63) is 47.8 Å². The fraction of sp³-hybridized carbons (Fsp3) is 0.0769. The Morgan fingerprint density at radius 3 is 2.60 bits per heavy atom. The normalized spacial score (nSPS) is 10.2. The minimum Gasteiger partial charge on any atom is -0.423 e. The second-order valence-corrected chi connectivity index (χ2v) is 4.31. The van der Waals surface area contributed by atoms with Crippen LogP contribution in [-0.2, 0) is 0 Å². The molecule has 6 nitrogen and oxygen atoms in total. The number of hydrogen-bond acceptors (Lipinski definition) is 4. The van der Waals surface area contributed by atoms with Crippen molar-refractivity contribution in [3.8, 4) is 0 Å². The average Bonchev–Trinajstić information content (AvgIpc) is 2.88. The number of nitrogens with one attached hydrogen (secondary N) is 2. The van der Waals surface area contributed by atoms with Gasteiger partial charge in [0.1, 0.15) is 5.69 Å². The molecule has 0 aliphatic carbocycles. The van der Waals surface area contributed by atoms with E-state index in [1.807, 2.05) is 0 Å². The number of anilines is 1. The third-order valence-electron chi connectivity index (χ3n) is 2.78. The Hall–Kier alpha value is -2.38. The van der Waals surface area contributed by atoms with E-state index < -0.39 is 13.0 Å². The summed E-state index contributed by atoms with van der Waals surface area (Å²) >= 11 is 0. The van der Waals surface area contributed by atoms with Gasteiger partial charge in [0.2, 0.25) is 0 Å². The van der Waals surface area contributed by atoms with Gasteiger partial charge in [-0.25, -0.2) is 0 Å². The number of ketones is 1. The molecule has 2 rings (SSSR count). The van der Waals surface area contributed by atoms with E-state index in [9.17, 15) is 9.59 Å². The van der Waals surface area contributed by atoms with E-state index in [1.165, 1.54) is 31.3 Å². The predicted octanol–water partition coefficient (Wildman–Crippen LogP) is 0.149. The Labute approximate surface area is 115 Å². The largest absolute Gasteiger partial charge is 0.488 e. The number of aromatic nitrogens is 1. The van der Waals surface area contributed by atoms with Gasteiger partial charge in [0.25, 0.3) is 5.91 Å². The summed E-state index contributed by atoms with van der Waals surface area (Å²) in [5, 5.41) is 20.7. The van der Waals surface area contributed by atoms with Gasteiger partial charge in [0, 0.05) is 17.4 Å². The van der Waals surface area contributed by atoms with E-state index in [0.29, 0.717) is 11.3 Å². The molecular weight excluding hydrogens is 259 g/mol. The molecule has 0 saturated carbocycles. The number of Topliss-reactive ketones (excluding diaryl/α,β-unsaturated/α-hetero) is 1. The molecule has 0 bridgehead atoms. The second kappa shape index (κ2) is 5.73. The summed E-state index contributed by atoms with van der Waals surface area (Å²) in [5.74, 6) is -0.548. The number of hydrogen-bond donors (Lipinski definition) is 4. The number of aromatic amines is 1. The smallest absolute Gasteiger partial charge is 0.423 e. The van der Waals surface area contributed by atoms with Crippen molar-refractivity contribution in [1.82, 2.24) is 4.98 Å². The van der Waals surface area contributed by atoms with Crippen LogP contribution in [0.5, 0.6) is 0 Å². The Morgan fingerprint density at radius 2 is 2.00 bits per heavy atom. The zero-order valence-corrected chi connectivity index (χ0v) is 10.8. The molecule has 0 aliphatic heterocycles. The fourth-order valence-electron chi connectivity index (χ4n) is 1.70. The standard InChI is InChI=1S/C13H13BN2O4/c1-8(17)9-5-12(15-7-9)13(18)16-11-4-2-3-10(6-11)14(19)20/h2-7,15,19-20H,1H3,(H,16,18). The first-order chi connectivity index (χ1) is 9.47. The highest BCUT2D eigenvalue weighted by Gasteiger charge is 2.13. The topological polar surface area (TPSA) is 102 Å². The van der Waals surface area contributed by atoms with Crippen molar-refractivity contribution in [2.75, 3.05) is 5.32 Å². The van der Waals surface area contributed by atoms with E-state index in [1.54, 1.807) is 12.1 Å². The highest BCUT2D eigenvalue weighted by molar-refractivity contribution is 6.58. The summed E-state index contributed by atoms with van der Waals surface area (Å²) in [5.41, 5.74) is 1.39. The highest BCUT2D eigenvalue weighted by atomic mass is 16.4. The lowest BCUT2D eigenvalue weighted by atomic mass is 9.80. The number of carbonyl (C=O) groups is 2. The van der Waals surface area contributed by atoms with Gasteiger partial charge in [-0.3, -0.25) is 9.59 Å². The van der Waals surface area contributed by atoms with Crippen LogP contribution in [0.25, 0.3) is 0 Å². The molecule has 1 aromatic carbocycles. The lowest BCUT2D eigenvalue weighted by Crippen LogP contribution is -2.30. The van der Waals surface area contributed by atoms with Gasteiger partial charge in [0.15, 0.2) is 5.78 Å². The quantitative estimate of drug-likeness (QED) is 0.470. The summed E-state index contributed by atoms with van der Waals surface area (Å²) < 4.78 is 0. The SMILES string of the molecule is CC(=O)c1c[nH]c(C(=O)Nc2cccc(B(O)O)c2)c1. The van der Waals surface area contributed by atoms with Crippen LogP contribution in [-0.4, -0.2) is 33.8 Å². The molecule has 2 aromatic rings. The molecule has 20 heavy (non-hydrogen) atoms. The summed E-state index contributed by atoms with van der Waals surface area (Å²) in [4.78, 5) is 25.8. The molecule has 1 heterocycles. The average molecular weight is 272 g/mol. The molecule has 102 valence electrons. The van der Waals surface area contributed by atoms with Crippen LogP contribution >= 0.6 is 0 Å². The molecule has 7 heteroatoms. The molecule has 0 spiro atoms. The molecule has 0 aliphatic rings. The van der Waals surface area contributed by atoms with Crippen molar-refractivity contribution in [1.29, 1.82) is 0 Å². The maximum atomic E-state index is 12.0. The van der Waals surface area contributed by atoms with Gasteiger partial charge >= 0.3 is 7.12 Å². The van der Waals surface area contributed by atoms with Crippen LogP contribution < -0.4 is 10.8 Å². The lowest BCUT2D eigenvalue weighted by Gasteiger charge is -2.06. The van der Waals surface area contributed by atoms with E-state index in [0.717, 1.165) is 0 Å². The number of carbonyl (C=O) groups excluding carboxylic acids is 2. The Bertz CT molecular complexity index is 651. The van der Waals surface area contributed by atoms with Crippen LogP contribution in [0.15, 0.2) is 36.5 Å². The first-order valence-electron chi connectivity index (χ1n) is 5.94. The number of H-pyrrole nitrogens is 1. The van der Waals surface area contributed by atoms with Crippen LogP contribution in [0.2, 0.25) is 0 Å². The first kappa shape index (κ1) is 14.0. The van der Waals surface area contributed by atoms with Crippen LogP contribution in [0.1, 0.15) is 27.8 Å². The third kappa shape index (κ3) is 3.14. The van der Waals surface area contributed by atoms with Crippen molar-refractivity contribution in [2.24, 2.45) is 0 Å². The summed E-state index contributed by atoms with van der Waals surface area (Å²) in [6, 6.07) is 7.67. The summed E-state index contributed by atoms with van der Waals surface area (Å²) in [7, 11) is -1.60. The van der Waals surface area contributed by atoms with Gasteiger partial charge in [-0.05, 0) is 30.6 Å². The van der Waals surface area contributed by atoms with Gasteiger partial charge in [0.05, 0.1) is 0 Å². The van der Waals surface area contributed by atoms with Gasteiger partial charge in [-0.1, -0.05) is 12.1 Å². The van der Waals surface area contributed by atoms with Crippen molar-refractivity contribution in [3.63, 3.8) is 0 Å². The molecule has 0 saturated heterocycles. The molecule has 0 radical (unpaired) electrons. The van der Waals surface area contributed by atoms with Crippen LogP contribution in [0.3, 0.4) is 0 Å². The van der Waals surface area contributed by atoms with Crippen molar-refractivity contribution in [2.45, 2.75) is 6.92 Å². The fourth-order valence-corrected chi connectivity index (χ4v) is 1.70. The number of amides is 1. The predicted molar refractivity (Wildman–Crippen MR) is 75.0 cm³/mol. The molecule has 1 amide bonds. The van der Waals surface area contributed by atoms with E-state index in [-0.39, 0.29) is 16.9 Å². The van der Waals surface area contributed by atoms with E-state index in [4.69, 9.17) is 10.0 Å². The monoisotopic (exact) mass is 272 g/mol. The van der Waals surface area contributed by atoms with Gasteiger partial charge < -0.3 is 20.3 Å². The maximum Gasteiger partial charge on any atom is 0.488 e. The molecule has 0 fully saturated rings. The summed E-state index contributed by atoms with van der Waals surface area (Å²) in [6.07, 6.45) is 1.46. The van der Waals surface area contributed by atoms with Gasteiger partial charge in [-0.15, -0.1) is 0 Å². The Morgan fingerprint density at radius 1 is 1.25 bits per heavy atom. The number of benzene rings is 1. The Kier molecular flexibility index (Phi) is 4.02. The molecule has 4 N–H and O–H groups in total. The molecule has 0 unspecified atom stereocenters. The maximum absolute atomic E-state index is 12.0. The molecule has 0 atom stereocenters. The van der Waals surface area contributed by atoms with Crippen LogP contribution in [0, 0.1) is 0 Å². The zero-order valence-electron chi connectivity index (χ0n) is 10.8. The van der Waals surface area contributed by atoms with Crippen LogP contribution in [0.4, 0.5) is 5.69 Å². The van der Waals surface area contributed by atoms with Gasteiger partial charge in [-0.2, -0.15) is 0 Å². The van der Waals surface area contributed by atoms with E-state index >= 15 is 0 Å². The lowest BCUT2D eigenvalue weighted by molar-refractivity contribution is 0.101.